The molecule has 0 radical (unpaired) electrons. The Morgan fingerprint density at radius 2 is 2.26 bits per heavy atom. The maximum atomic E-state index is 12.2. The van der Waals surface area contributed by atoms with Crippen LogP contribution in [0.2, 0.25) is 0 Å². The molecule has 4 nitrogen and oxygen atoms in total. The summed E-state index contributed by atoms with van der Waals surface area (Å²) in [6.45, 7) is 6.83. The van der Waals surface area contributed by atoms with Gasteiger partial charge in [0.25, 0.3) is 5.91 Å². The molecule has 1 aliphatic rings. The van der Waals surface area contributed by atoms with E-state index in [9.17, 15) is 4.79 Å². The number of morpholine rings is 1. The molecular formula is C15H22N2O2. The van der Waals surface area contributed by atoms with E-state index in [4.69, 9.17) is 4.74 Å². The second-order valence-corrected chi connectivity index (χ2v) is 5.19. The van der Waals surface area contributed by atoms with E-state index in [-0.39, 0.29) is 12.0 Å². The predicted molar refractivity (Wildman–Crippen MR) is 75.0 cm³/mol. The highest BCUT2D eigenvalue weighted by molar-refractivity contribution is 5.81. The SMILES string of the molecule is Cc1ccc(CN(C)C(=O)C2CNCCO2)c(C)c1. The Morgan fingerprint density at radius 1 is 1.47 bits per heavy atom. The van der Waals surface area contributed by atoms with Crippen molar-refractivity contribution in [3.8, 4) is 0 Å². The third-order valence-corrected chi connectivity index (χ3v) is 3.48. The summed E-state index contributed by atoms with van der Waals surface area (Å²) in [5, 5.41) is 3.18. The van der Waals surface area contributed by atoms with Crippen LogP contribution in [0.5, 0.6) is 0 Å². The predicted octanol–water partition coefficient (Wildman–Crippen LogP) is 1.25. The summed E-state index contributed by atoms with van der Waals surface area (Å²) in [7, 11) is 1.83. The summed E-state index contributed by atoms with van der Waals surface area (Å²) in [5.41, 5.74) is 3.66. The van der Waals surface area contributed by atoms with E-state index in [2.05, 4.69) is 37.4 Å². The number of aryl methyl sites for hydroxylation is 2. The minimum atomic E-state index is -0.343. The Balaban J connectivity index is 1.99. The first kappa shape index (κ1) is 14.0. The van der Waals surface area contributed by atoms with Crippen molar-refractivity contribution in [2.24, 2.45) is 0 Å². The number of carbonyl (C=O) groups excluding carboxylic acids is 1. The monoisotopic (exact) mass is 262 g/mol. The van der Waals surface area contributed by atoms with Gasteiger partial charge >= 0.3 is 0 Å². The van der Waals surface area contributed by atoms with E-state index in [1.165, 1.54) is 16.7 Å². The highest BCUT2D eigenvalue weighted by Gasteiger charge is 2.24. The van der Waals surface area contributed by atoms with Gasteiger partial charge in [0.2, 0.25) is 0 Å². The van der Waals surface area contributed by atoms with Gasteiger partial charge in [-0.2, -0.15) is 0 Å². The van der Waals surface area contributed by atoms with Crippen LogP contribution in [0, 0.1) is 13.8 Å². The Kier molecular flexibility index (Phi) is 4.56. The van der Waals surface area contributed by atoms with Crippen LogP contribution in [-0.2, 0) is 16.1 Å². The average molecular weight is 262 g/mol. The fourth-order valence-electron chi connectivity index (χ4n) is 2.33. The van der Waals surface area contributed by atoms with Crippen molar-refractivity contribution in [2.75, 3.05) is 26.7 Å². The lowest BCUT2D eigenvalue weighted by atomic mass is 10.1. The molecule has 19 heavy (non-hydrogen) atoms. The Labute approximate surface area is 114 Å². The molecule has 1 heterocycles. The average Bonchev–Trinajstić information content (AvgIpc) is 2.42. The molecule has 1 saturated heterocycles. The van der Waals surface area contributed by atoms with Crippen LogP contribution in [-0.4, -0.2) is 43.7 Å². The van der Waals surface area contributed by atoms with E-state index < -0.39 is 0 Å². The molecule has 104 valence electrons. The lowest BCUT2D eigenvalue weighted by Crippen LogP contribution is -2.48. The number of rotatable bonds is 3. The van der Waals surface area contributed by atoms with Crippen LogP contribution in [0.4, 0.5) is 0 Å². The van der Waals surface area contributed by atoms with E-state index in [0.717, 1.165) is 6.54 Å². The van der Waals surface area contributed by atoms with E-state index in [0.29, 0.717) is 19.7 Å². The molecule has 0 bridgehead atoms. The zero-order valence-electron chi connectivity index (χ0n) is 11.9. The minimum absolute atomic E-state index is 0.0483. The van der Waals surface area contributed by atoms with Crippen LogP contribution >= 0.6 is 0 Å². The standard InChI is InChI=1S/C15H22N2O2/c1-11-4-5-13(12(2)8-11)10-17(3)15(18)14-9-16-6-7-19-14/h4-5,8,14,16H,6-7,9-10H2,1-3H3. The van der Waals surface area contributed by atoms with Crippen LogP contribution in [0.3, 0.4) is 0 Å². The topological polar surface area (TPSA) is 41.6 Å². The zero-order valence-corrected chi connectivity index (χ0v) is 11.9. The van der Waals surface area contributed by atoms with Crippen LogP contribution < -0.4 is 5.32 Å². The van der Waals surface area contributed by atoms with Gasteiger partial charge in [-0.05, 0) is 25.0 Å². The van der Waals surface area contributed by atoms with Crippen molar-refractivity contribution in [3.05, 3.63) is 34.9 Å². The lowest BCUT2D eigenvalue weighted by molar-refractivity contribution is -0.144. The van der Waals surface area contributed by atoms with E-state index in [1.807, 2.05) is 7.05 Å². The fraction of sp³-hybridized carbons (Fsp3) is 0.533. The highest BCUT2D eigenvalue weighted by atomic mass is 16.5. The fourth-order valence-corrected chi connectivity index (χ4v) is 2.33. The van der Waals surface area contributed by atoms with Crippen molar-refractivity contribution in [1.82, 2.24) is 10.2 Å². The maximum Gasteiger partial charge on any atom is 0.253 e. The van der Waals surface area contributed by atoms with E-state index >= 15 is 0 Å². The van der Waals surface area contributed by atoms with Gasteiger partial charge in [0, 0.05) is 26.7 Å². The minimum Gasteiger partial charge on any atom is -0.366 e. The van der Waals surface area contributed by atoms with Gasteiger partial charge in [0.15, 0.2) is 0 Å². The molecule has 1 unspecified atom stereocenters. The number of ether oxygens (including phenoxy) is 1. The molecule has 1 atom stereocenters. The quantitative estimate of drug-likeness (QED) is 0.891. The molecular weight excluding hydrogens is 240 g/mol. The van der Waals surface area contributed by atoms with Crippen molar-refractivity contribution in [2.45, 2.75) is 26.5 Å². The Morgan fingerprint density at radius 3 is 2.89 bits per heavy atom. The summed E-state index contributed by atoms with van der Waals surface area (Å²) in [6, 6.07) is 6.32. The summed E-state index contributed by atoms with van der Waals surface area (Å²) in [6.07, 6.45) is -0.343. The summed E-state index contributed by atoms with van der Waals surface area (Å²) >= 11 is 0. The van der Waals surface area contributed by atoms with Crippen molar-refractivity contribution >= 4 is 5.91 Å². The zero-order chi connectivity index (χ0) is 13.8. The Bertz CT molecular complexity index is 453. The molecule has 4 heteroatoms. The number of nitrogens with zero attached hydrogens (tertiary/aromatic N) is 1. The van der Waals surface area contributed by atoms with Gasteiger partial charge in [0.1, 0.15) is 6.10 Å². The number of likely N-dealkylation sites (N-methyl/N-ethyl adjacent to an activating group) is 1. The van der Waals surface area contributed by atoms with Crippen molar-refractivity contribution in [1.29, 1.82) is 0 Å². The first-order chi connectivity index (χ1) is 9.08. The Hall–Kier alpha value is -1.39. The molecule has 0 aliphatic carbocycles. The first-order valence-electron chi connectivity index (χ1n) is 6.71. The van der Waals surface area contributed by atoms with Gasteiger partial charge in [-0.25, -0.2) is 0 Å². The molecule has 1 amide bonds. The number of hydrogen-bond donors (Lipinski definition) is 1. The summed E-state index contributed by atoms with van der Waals surface area (Å²) in [5.74, 6) is 0.0483. The summed E-state index contributed by atoms with van der Waals surface area (Å²) < 4.78 is 5.49. The molecule has 1 aromatic rings. The largest absolute Gasteiger partial charge is 0.366 e. The smallest absolute Gasteiger partial charge is 0.253 e. The number of carbonyl (C=O) groups is 1. The molecule has 0 spiro atoms. The van der Waals surface area contributed by atoms with Crippen LogP contribution in [0.25, 0.3) is 0 Å². The molecule has 0 aromatic heterocycles. The third kappa shape index (κ3) is 3.55. The molecule has 1 aliphatic heterocycles. The molecule has 0 saturated carbocycles. The third-order valence-electron chi connectivity index (χ3n) is 3.48. The van der Waals surface area contributed by atoms with Crippen LogP contribution in [0.15, 0.2) is 18.2 Å². The normalized spacial score (nSPS) is 19.2. The maximum absolute atomic E-state index is 12.2. The van der Waals surface area contributed by atoms with Gasteiger partial charge < -0.3 is 15.0 Å². The van der Waals surface area contributed by atoms with Gasteiger partial charge in [-0.1, -0.05) is 23.8 Å². The van der Waals surface area contributed by atoms with E-state index in [1.54, 1.807) is 4.90 Å². The number of benzene rings is 1. The first-order valence-corrected chi connectivity index (χ1v) is 6.71. The van der Waals surface area contributed by atoms with Crippen molar-refractivity contribution < 1.29 is 9.53 Å². The second-order valence-electron chi connectivity index (χ2n) is 5.19. The van der Waals surface area contributed by atoms with Crippen molar-refractivity contribution in [3.63, 3.8) is 0 Å². The number of hydrogen-bond acceptors (Lipinski definition) is 3. The summed E-state index contributed by atoms with van der Waals surface area (Å²) in [4.78, 5) is 14.0. The molecule has 1 fully saturated rings. The number of nitrogens with one attached hydrogen (secondary N) is 1. The highest BCUT2D eigenvalue weighted by Crippen LogP contribution is 2.13. The molecule has 1 N–H and O–H groups in total. The lowest BCUT2D eigenvalue weighted by Gasteiger charge is -2.27. The van der Waals surface area contributed by atoms with Crippen LogP contribution in [0.1, 0.15) is 16.7 Å². The second kappa shape index (κ2) is 6.17. The molecule has 1 aromatic carbocycles. The number of amides is 1. The van der Waals surface area contributed by atoms with Gasteiger partial charge in [0.05, 0.1) is 6.61 Å². The van der Waals surface area contributed by atoms with Gasteiger partial charge in [-0.3, -0.25) is 4.79 Å². The van der Waals surface area contributed by atoms with Gasteiger partial charge in [-0.15, -0.1) is 0 Å². The molecule has 2 rings (SSSR count).